The van der Waals surface area contributed by atoms with Crippen LogP contribution in [0.2, 0.25) is 0 Å². The summed E-state index contributed by atoms with van der Waals surface area (Å²) in [5.74, 6) is 1.84. The monoisotopic (exact) mass is 306 g/mol. The van der Waals surface area contributed by atoms with E-state index in [1.807, 2.05) is 12.4 Å². The predicted molar refractivity (Wildman–Crippen MR) is 92.2 cm³/mol. The van der Waals surface area contributed by atoms with Gasteiger partial charge in [-0.1, -0.05) is 12.1 Å². The number of imidazole rings is 1. The standard InChI is InChI=1S/C19H22N4/c1-22-18-5-3-2-4-17(18)21-19(22)14-23-12-8-16(9-13-23)15-6-10-20-11-7-15/h2-7,10-11,16H,8-9,12-14H2,1H3. The molecule has 0 spiro atoms. The molecule has 4 heteroatoms. The van der Waals surface area contributed by atoms with Crippen molar-refractivity contribution >= 4 is 11.0 Å². The van der Waals surface area contributed by atoms with Crippen molar-refractivity contribution in [1.29, 1.82) is 0 Å². The number of para-hydroxylation sites is 2. The highest BCUT2D eigenvalue weighted by Gasteiger charge is 2.21. The molecule has 1 aliphatic rings. The third-order valence-corrected chi connectivity index (χ3v) is 5.01. The van der Waals surface area contributed by atoms with E-state index in [0.29, 0.717) is 5.92 Å². The van der Waals surface area contributed by atoms with Crippen LogP contribution in [-0.2, 0) is 13.6 Å². The van der Waals surface area contributed by atoms with Gasteiger partial charge in [0, 0.05) is 19.4 Å². The van der Waals surface area contributed by atoms with Crippen LogP contribution in [0.1, 0.15) is 30.1 Å². The van der Waals surface area contributed by atoms with Crippen LogP contribution in [0.5, 0.6) is 0 Å². The van der Waals surface area contributed by atoms with Crippen LogP contribution in [0.3, 0.4) is 0 Å². The number of likely N-dealkylation sites (tertiary alicyclic amines) is 1. The Labute approximate surface area is 136 Å². The van der Waals surface area contributed by atoms with E-state index in [-0.39, 0.29) is 0 Å². The predicted octanol–water partition coefficient (Wildman–Crippen LogP) is 3.35. The first kappa shape index (κ1) is 14.4. The van der Waals surface area contributed by atoms with Crippen molar-refractivity contribution in [3.05, 3.63) is 60.2 Å². The molecule has 0 saturated carbocycles. The number of aryl methyl sites for hydroxylation is 1. The van der Waals surface area contributed by atoms with E-state index in [9.17, 15) is 0 Å². The van der Waals surface area contributed by atoms with Crippen molar-refractivity contribution in [1.82, 2.24) is 19.4 Å². The lowest BCUT2D eigenvalue weighted by atomic mass is 9.90. The Morgan fingerprint density at radius 2 is 1.78 bits per heavy atom. The molecule has 1 aliphatic heterocycles. The number of aromatic nitrogens is 3. The Morgan fingerprint density at radius 1 is 1.04 bits per heavy atom. The van der Waals surface area contributed by atoms with Gasteiger partial charge in [-0.25, -0.2) is 4.98 Å². The zero-order valence-electron chi connectivity index (χ0n) is 13.5. The molecule has 0 aliphatic carbocycles. The van der Waals surface area contributed by atoms with E-state index in [0.717, 1.165) is 31.0 Å². The number of hydrogen-bond acceptors (Lipinski definition) is 3. The first-order valence-electron chi connectivity index (χ1n) is 8.34. The van der Waals surface area contributed by atoms with E-state index < -0.39 is 0 Å². The van der Waals surface area contributed by atoms with Crippen LogP contribution < -0.4 is 0 Å². The molecule has 0 radical (unpaired) electrons. The fourth-order valence-electron chi connectivity index (χ4n) is 3.60. The third-order valence-electron chi connectivity index (χ3n) is 5.01. The molecule has 0 atom stereocenters. The Bertz CT molecular complexity index is 785. The van der Waals surface area contributed by atoms with Gasteiger partial charge in [0.2, 0.25) is 0 Å². The SMILES string of the molecule is Cn1c(CN2CCC(c3ccncc3)CC2)nc2ccccc21. The van der Waals surface area contributed by atoms with E-state index in [1.165, 1.54) is 23.9 Å². The average Bonchev–Trinajstić information content (AvgIpc) is 2.93. The van der Waals surface area contributed by atoms with Crippen molar-refractivity contribution in [2.75, 3.05) is 13.1 Å². The summed E-state index contributed by atoms with van der Waals surface area (Å²) in [7, 11) is 2.12. The van der Waals surface area contributed by atoms with Crippen LogP contribution >= 0.6 is 0 Å². The maximum atomic E-state index is 4.80. The minimum absolute atomic E-state index is 0.676. The summed E-state index contributed by atoms with van der Waals surface area (Å²) in [6.45, 7) is 3.21. The average molecular weight is 306 g/mol. The lowest BCUT2D eigenvalue weighted by Crippen LogP contribution is -2.33. The smallest absolute Gasteiger partial charge is 0.123 e. The van der Waals surface area contributed by atoms with Gasteiger partial charge in [0.05, 0.1) is 17.6 Å². The molecule has 1 saturated heterocycles. The van der Waals surface area contributed by atoms with Crippen LogP contribution in [0.4, 0.5) is 0 Å². The van der Waals surface area contributed by atoms with E-state index >= 15 is 0 Å². The summed E-state index contributed by atoms with van der Waals surface area (Å²) < 4.78 is 2.23. The number of hydrogen-bond donors (Lipinski definition) is 0. The second-order valence-electron chi connectivity index (χ2n) is 6.41. The number of benzene rings is 1. The van der Waals surface area contributed by atoms with Crippen LogP contribution in [-0.4, -0.2) is 32.5 Å². The molecule has 3 heterocycles. The first-order chi connectivity index (χ1) is 11.3. The molecule has 1 fully saturated rings. The molecule has 1 aromatic carbocycles. The maximum absolute atomic E-state index is 4.80. The third kappa shape index (κ3) is 2.86. The van der Waals surface area contributed by atoms with Gasteiger partial charge in [-0.2, -0.15) is 0 Å². The maximum Gasteiger partial charge on any atom is 0.123 e. The van der Waals surface area contributed by atoms with E-state index in [2.05, 4.69) is 57.9 Å². The minimum atomic E-state index is 0.676. The highest BCUT2D eigenvalue weighted by molar-refractivity contribution is 5.75. The van der Waals surface area contributed by atoms with E-state index in [1.54, 1.807) is 0 Å². The molecule has 4 nitrogen and oxygen atoms in total. The van der Waals surface area contributed by atoms with Gasteiger partial charge in [0.1, 0.15) is 5.82 Å². The Hall–Kier alpha value is -2.20. The fraction of sp³-hybridized carbons (Fsp3) is 0.368. The summed E-state index contributed by atoms with van der Waals surface area (Å²) in [6.07, 6.45) is 6.24. The summed E-state index contributed by atoms with van der Waals surface area (Å²) in [5, 5.41) is 0. The highest BCUT2D eigenvalue weighted by Crippen LogP contribution is 2.28. The summed E-state index contributed by atoms with van der Waals surface area (Å²) in [4.78, 5) is 11.4. The van der Waals surface area contributed by atoms with Crippen LogP contribution in [0, 0.1) is 0 Å². The van der Waals surface area contributed by atoms with Crippen molar-refractivity contribution in [3.63, 3.8) is 0 Å². The van der Waals surface area contributed by atoms with Gasteiger partial charge in [-0.15, -0.1) is 0 Å². The Balaban J connectivity index is 1.43. The van der Waals surface area contributed by atoms with Crippen LogP contribution in [0.25, 0.3) is 11.0 Å². The summed E-state index contributed by atoms with van der Waals surface area (Å²) >= 11 is 0. The lowest BCUT2D eigenvalue weighted by molar-refractivity contribution is 0.199. The topological polar surface area (TPSA) is 34.0 Å². The van der Waals surface area contributed by atoms with Gasteiger partial charge >= 0.3 is 0 Å². The number of fused-ring (bicyclic) bond motifs is 1. The largest absolute Gasteiger partial charge is 0.330 e. The lowest BCUT2D eigenvalue weighted by Gasteiger charge is -2.31. The summed E-state index contributed by atoms with van der Waals surface area (Å²) in [6, 6.07) is 12.7. The molecule has 0 unspecified atom stereocenters. The van der Waals surface area contributed by atoms with E-state index in [4.69, 9.17) is 4.98 Å². The van der Waals surface area contributed by atoms with Crippen LogP contribution in [0.15, 0.2) is 48.8 Å². The van der Waals surface area contributed by atoms with Crippen molar-refractivity contribution in [2.24, 2.45) is 7.05 Å². The molecule has 0 N–H and O–H groups in total. The molecule has 2 aromatic heterocycles. The Morgan fingerprint density at radius 3 is 2.52 bits per heavy atom. The van der Waals surface area contributed by atoms with Crippen molar-refractivity contribution < 1.29 is 0 Å². The normalized spacial score (nSPS) is 16.9. The molecular weight excluding hydrogens is 284 g/mol. The van der Waals surface area contributed by atoms with Gasteiger partial charge in [-0.05, 0) is 61.7 Å². The second kappa shape index (κ2) is 6.13. The second-order valence-corrected chi connectivity index (χ2v) is 6.41. The van der Waals surface area contributed by atoms with Gasteiger partial charge in [0.15, 0.2) is 0 Å². The summed E-state index contributed by atoms with van der Waals surface area (Å²) in [5.41, 5.74) is 3.74. The van der Waals surface area contributed by atoms with Gasteiger partial charge in [-0.3, -0.25) is 9.88 Å². The fourth-order valence-corrected chi connectivity index (χ4v) is 3.60. The molecular formula is C19H22N4. The molecule has 4 rings (SSSR count). The highest BCUT2D eigenvalue weighted by atomic mass is 15.2. The molecule has 23 heavy (non-hydrogen) atoms. The number of piperidine rings is 1. The van der Waals surface area contributed by atoms with Gasteiger partial charge < -0.3 is 4.57 Å². The quantitative estimate of drug-likeness (QED) is 0.744. The zero-order chi connectivity index (χ0) is 15.6. The van der Waals surface area contributed by atoms with Gasteiger partial charge in [0.25, 0.3) is 0 Å². The van der Waals surface area contributed by atoms with Crippen molar-refractivity contribution in [2.45, 2.75) is 25.3 Å². The molecule has 3 aromatic rings. The zero-order valence-corrected chi connectivity index (χ0v) is 13.5. The molecule has 118 valence electrons. The number of pyridine rings is 1. The molecule has 0 bridgehead atoms. The first-order valence-corrected chi connectivity index (χ1v) is 8.34. The molecule has 0 amide bonds. The van der Waals surface area contributed by atoms with Crippen molar-refractivity contribution in [3.8, 4) is 0 Å². The number of nitrogens with zero attached hydrogens (tertiary/aromatic N) is 4. The number of rotatable bonds is 3. The minimum Gasteiger partial charge on any atom is -0.330 e. The Kier molecular flexibility index (Phi) is 3.83.